The number of methoxy groups -OCH3 is 2. The lowest BCUT2D eigenvalue weighted by Crippen LogP contribution is -2.44. The maximum atomic E-state index is 11.3. The van der Waals surface area contributed by atoms with E-state index in [0.29, 0.717) is 9.52 Å². The third-order valence-corrected chi connectivity index (χ3v) is 3.70. The number of carbonyl (C=O) groups is 1. The van der Waals surface area contributed by atoms with E-state index in [-0.39, 0.29) is 17.6 Å². The molecule has 14 heavy (non-hydrogen) atoms. The molecule has 0 spiro atoms. The van der Waals surface area contributed by atoms with Crippen LogP contribution < -0.4 is 5.32 Å². The van der Waals surface area contributed by atoms with Crippen LogP contribution in [0.15, 0.2) is 0 Å². The lowest BCUT2D eigenvalue weighted by atomic mass is 10.6. The molecule has 1 saturated heterocycles. The van der Waals surface area contributed by atoms with Gasteiger partial charge < -0.3 is 19.7 Å². The monoisotopic (exact) mass is 216 g/mol. The van der Waals surface area contributed by atoms with Gasteiger partial charge in [0, 0.05) is 33.0 Å². The van der Waals surface area contributed by atoms with Gasteiger partial charge >= 0.3 is 6.03 Å². The van der Waals surface area contributed by atoms with Gasteiger partial charge in [-0.15, -0.1) is 0 Å². The summed E-state index contributed by atoms with van der Waals surface area (Å²) in [6.45, 7) is 3.51. The van der Waals surface area contributed by atoms with Crippen LogP contribution in [0.1, 0.15) is 6.92 Å². The summed E-state index contributed by atoms with van der Waals surface area (Å²) < 4.78 is 10.2. The molecule has 0 saturated carbocycles. The zero-order chi connectivity index (χ0) is 10.6. The van der Waals surface area contributed by atoms with Crippen molar-refractivity contribution in [2.75, 3.05) is 27.3 Å². The summed E-state index contributed by atoms with van der Waals surface area (Å²) in [5.74, 6) is -0.210. The van der Waals surface area contributed by atoms with Gasteiger partial charge in [-0.2, -0.15) is 0 Å². The molecule has 1 aliphatic rings. The molecular weight excluding hydrogens is 200 g/mol. The Hall–Kier alpha value is -0.593. The summed E-state index contributed by atoms with van der Waals surface area (Å²) in [6.07, 6.45) is 0. The van der Waals surface area contributed by atoms with Crippen LogP contribution in [0.3, 0.4) is 0 Å². The fourth-order valence-corrected chi connectivity index (χ4v) is 2.47. The summed E-state index contributed by atoms with van der Waals surface area (Å²) >= 11 is 0. The van der Waals surface area contributed by atoms with Crippen LogP contribution in [0.4, 0.5) is 4.79 Å². The van der Waals surface area contributed by atoms with Crippen LogP contribution in [0, 0.1) is 0 Å². The van der Waals surface area contributed by atoms with Crippen LogP contribution in [0.5, 0.6) is 0 Å². The molecule has 0 aliphatic carbocycles. The van der Waals surface area contributed by atoms with Crippen molar-refractivity contribution in [3.8, 4) is 0 Å². The summed E-state index contributed by atoms with van der Waals surface area (Å²) in [6, 6.07) is 0.0101. The Labute approximate surface area is 86.6 Å². The maximum Gasteiger partial charge on any atom is 0.317 e. The predicted molar refractivity (Wildman–Crippen MR) is 53.1 cm³/mol. The van der Waals surface area contributed by atoms with Crippen molar-refractivity contribution < 1.29 is 14.3 Å². The fraction of sp³-hybridized carbons (Fsp3) is 0.875. The molecule has 1 atom stereocenters. The summed E-state index contributed by atoms with van der Waals surface area (Å²) in [7, 11) is 3.66. The first kappa shape index (κ1) is 11.5. The number of rotatable bonds is 5. The van der Waals surface area contributed by atoms with E-state index in [9.17, 15) is 4.79 Å². The topological polar surface area (TPSA) is 50.8 Å². The molecule has 0 aromatic carbocycles. The van der Waals surface area contributed by atoms with Crippen LogP contribution in [0.25, 0.3) is 0 Å². The zero-order valence-electron chi connectivity index (χ0n) is 8.74. The normalized spacial score (nSPS) is 18.9. The Morgan fingerprint density at radius 1 is 1.50 bits per heavy atom. The van der Waals surface area contributed by atoms with Crippen LogP contribution in [-0.2, 0) is 9.47 Å². The highest BCUT2D eigenvalue weighted by Crippen LogP contribution is 2.05. The molecule has 5 nitrogen and oxygen atoms in total. The molecule has 1 aliphatic heterocycles. The number of nitrogens with zero attached hydrogens (tertiary/aromatic N) is 1. The first-order valence-corrected chi connectivity index (χ1v) is 5.70. The van der Waals surface area contributed by atoms with E-state index in [4.69, 9.17) is 9.47 Å². The molecule has 1 fully saturated rings. The van der Waals surface area contributed by atoms with E-state index >= 15 is 0 Å². The minimum Gasteiger partial charge on any atom is -0.360 e. The quantitative estimate of drug-likeness (QED) is 0.504. The predicted octanol–water partition coefficient (Wildman–Crippen LogP) is -0.362. The first-order valence-electron chi connectivity index (χ1n) is 4.55. The summed E-state index contributed by atoms with van der Waals surface area (Å²) in [4.78, 5) is 13.1. The molecule has 2 amide bonds. The number of hydrogen-bond donors (Lipinski definition) is 1. The highest BCUT2D eigenvalue weighted by atomic mass is 28.2. The lowest BCUT2D eigenvalue weighted by molar-refractivity contribution is -0.0455. The van der Waals surface area contributed by atoms with Crippen molar-refractivity contribution in [3.05, 3.63) is 0 Å². The molecule has 6 heteroatoms. The Kier molecular flexibility index (Phi) is 4.37. The van der Waals surface area contributed by atoms with Gasteiger partial charge in [-0.05, 0) is 6.92 Å². The smallest absolute Gasteiger partial charge is 0.317 e. The van der Waals surface area contributed by atoms with Gasteiger partial charge in [-0.3, -0.25) is 0 Å². The van der Waals surface area contributed by atoms with Gasteiger partial charge in [0.25, 0.3) is 0 Å². The van der Waals surface area contributed by atoms with Gasteiger partial charge in [0.15, 0.2) is 0 Å². The zero-order valence-corrected chi connectivity index (χ0v) is 9.74. The minimum absolute atomic E-state index is 0.0101. The second kappa shape index (κ2) is 5.33. The summed E-state index contributed by atoms with van der Waals surface area (Å²) in [5.41, 5.74) is 0.169. The van der Waals surface area contributed by atoms with Crippen molar-refractivity contribution in [2.24, 2.45) is 0 Å². The summed E-state index contributed by atoms with van der Waals surface area (Å²) in [5, 5.41) is 2.77. The third kappa shape index (κ3) is 2.70. The van der Waals surface area contributed by atoms with Crippen LogP contribution in [0.2, 0.25) is 0 Å². The van der Waals surface area contributed by atoms with Gasteiger partial charge in [-0.25, -0.2) is 4.79 Å². The van der Waals surface area contributed by atoms with Crippen LogP contribution >= 0.6 is 0 Å². The Morgan fingerprint density at radius 2 is 2.14 bits per heavy atom. The van der Waals surface area contributed by atoms with Crippen LogP contribution in [-0.4, -0.2) is 59.3 Å². The maximum absolute atomic E-state index is 11.3. The van der Waals surface area contributed by atoms with E-state index in [1.807, 2.05) is 11.8 Å². The average Bonchev–Trinajstić information content (AvgIpc) is 2.60. The molecule has 80 valence electrons. The molecule has 0 bridgehead atoms. The van der Waals surface area contributed by atoms with Crippen molar-refractivity contribution >= 4 is 15.6 Å². The molecule has 1 unspecified atom stereocenters. The molecule has 1 heterocycles. The van der Waals surface area contributed by atoms with Crippen molar-refractivity contribution in [2.45, 2.75) is 18.5 Å². The fourth-order valence-electron chi connectivity index (χ4n) is 1.38. The molecule has 0 aromatic rings. The number of urea groups is 1. The Balaban J connectivity index is 2.40. The van der Waals surface area contributed by atoms with E-state index in [2.05, 4.69) is 5.32 Å². The van der Waals surface area contributed by atoms with Crippen molar-refractivity contribution in [3.63, 3.8) is 0 Å². The van der Waals surface area contributed by atoms with Gasteiger partial charge in [0.1, 0.15) is 15.4 Å². The van der Waals surface area contributed by atoms with E-state index in [1.54, 1.807) is 14.2 Å². The second-order valence-corrected chi connectivity index (χ2v) is 4.71. The molecule has 0 aromatic heterocycles. The molecule has 1 rings (SSSR count). The highest BCUT2D eigenvalue weighted by molar-refractivity contribution is 6.39. The number of amides is 2. The second-order valence-electron chi connectivity index (χ2n) is 3.07. The first-order chi connectivity index (χ1) is 6.69. The Morgan fingerprint density at radius 3 is 2.57 bits per heavy atom. The lowest BCUT2D eigenvalue weighted by Gasteiger charge is -2.25. The van der Waals surface area contributed by atoms with Crippen molar-refractivity contribution in [1.29, 1.82) is 0 Å². The third-order valence-electron chi connectivity index (χ3n) is 2.16. The molecular formula is C8H16N2O3Si. The highest BCUT2D eigenvalue weighted by Gasteiger charge is 2.27. The largest absolute Gasteiger partial charge is 0.360 e. The number of ether oxygens (including phenoxy) is 2. The number of hydrogen-bond acceptors (Lipinski definition) is 3. The minimum atomic E-state index is -0.210. The van der Waals surface area contributed by atoms with Gasteiger partial charge in [0.2, 0.25) is 0 Å². The molecule has 2 radical (unpaired) electrons. The SMILES string of the molecule is COC(OC)[Si]C(C)N1CCNC1=O. The average molecular weight is 216 g/mol. The van der Waals surface area contributed by atoms with Gasteiger partial charge in [0.05, 0.1) is 0 Å². The van der Waals surface area contributed by atoms with E-state index in [1.165, 1.54) is 0 Å². The molecule has 1 N–H and O–H groups in total. The van der Waals surface area contributed by atoms with E-state index < -0.39 is 0 Å². The Bertz CT molecular complexity index is 199. The van der Waals surface area contributed by atoms with Gasteiger partial charge in [-0.1, -0.05) is 0 Å². The van der Waals surface area contributed by atoms with E-state index in [0.717, 1.165) is 13.1 Å². The standard InChI is InChI=1S/C8H16N2O3Si/c1-6(14-8(12-2)13-3)10-5-4-9-7(10)11/h6,8H,4-5H2,1-3H3,(H,9,11). The van der Waals surface area contributed by atoms with Crippen molar-refractivity contribution in [1.82, 2.24) is 10.2 Å². The number of nitrogens with one attached hydrogen (secondary N) is 1. The number of carbonyl (C=O) groups excluding carboxylic acids is 1.